The Morgan fingerprint density at radius 2 is 1.95 bits per heavy atom. The SMILES string of the molecule is COCCCC(=O)C(C=NCCCCc1ccc(NC(=O)Cc2cccc(OC(F)(F)F)c2)nn1)=NN. The van der Waals surface area contributed by atoms with E-state index < -0.39 is 18.0 Å². The molecule has 2 aromatic rings. The van der Waals surface area contributed by atoms with E-state index in [2.05, 4.69) is 30.3 Å². The van der Waals surface area contributed by atoms with Crippen LogP contribution >= 0.6 is 0 Å². The fourth-order valence-corrected chi connectivity index (χ4v) is 3.13. The highest BCUT2D eigenvalue weighted by Crippen LogP contribution is 2.23. The molecule has 37 heavy (non-hydrogen) atoms. The Kier molecular flexibility index (Phi) is 12.1. The lowest BCUT2D eigenvalue weighted by atomic mass is 10.1. The number of nitrogens with zero attached hydrogens (tertiary/aromatic N) is 4. The molecule has 10 nitrogen and oxygen atoms in total. The summed E-state index contributed by atoms with van der Waals surface area (Å²) in [6.07, 6.45) is -0.570. The molecule has 0 unspecified atom stereocenters. The van der Waals surface area contributed by atoms with Gasteiger partial charge < -0.3 is 20.6 Å². The maximum absolute atomic E-state index is 12.4. The third-order valence-electron chi connectivity index (χ3n) is 4.84. The van der Waals surface area contributed by atoms with Crippen LogP contribution in [0.3, 0.4) is 0 Å². The summed E-state index contributed by atoms with van der Waals surface area (Å²) in [4.78, 5) is 28.4. The van der Waals surface area contributed by atoms with Crippen LogP contribution in [0.5, 0.6) is 5.75 Å². The van der Waals surface area contributed by atoms with E-state index in [0.717, 1.165) is 30.7 Å². The molecule has 0 fully saturated rings. The second-order valence-electron chi connectivity index (χ2n) is 7.86. The molecule has 0 aliphatic heterocycles. The van der Waals surface area contributed by atoms with Gasteiger partial charge in [-0.1, -0.05) is 12.1 Å². The van der Waals surface area contributed by atoms with Crippen LogP contribution in [0.4, 0.5) is 19.0 Å². The van der Waals surface area contributed by atoms with Crippen molar-refractivity contribution < 1.29 is 32.2 Å². The predicted molar refractivity (Wildman–Crippen MR) is 132 cm³/mol. The number of alkyl halides is 3. The zero-order valence-corrected chi connectivity index (χ0v) is 20.3. The number of anilines is 1. The van der Waals surface area contributed by atoms with Gasteiger partial charge in [-0.15, -0.1) is 18.3 Å². The van der Waals surface area contributed by atoms with Crippen molar-refractivity contribution in [2.24, 2.45) is 15.9 Å². The number of nitrogens with two attached hydrogens (primary N) is 1. The van der Waals surface area contributed by atoms with Gasteiger partial charge in [0.15, 0.2) is 11.6 Å². The van der Waals surface area contributed by atoms with Crippen molar-refractivity contribution in [2.75, 3.05) is 25.6 Å². The lowest BCUT2D eigenvalue weighted by Gasteiger charge is -2.10. The summed E-state index contributed by atoms with van der Waals surface area (Å²) >= 11 is 0. The van der Waals surface area contributed by atoms with Crippen molar-refractivity contribution >= 4 is 29.4 Å². The number of aromatic nitrogens is 2. The number of unbranched alkanes of at least 4 members (excludes halogenated alkanes) is 1. The number of rotatable bonds is 15. The van der Waals surface area contributed by atoms with Crippen molar-refractivity contribution in [1.82, 2.24) is 10.2 Å². The van der Waals surface area contributed by atoms with E-state index in [1.54, 1.807) is 19.2 Å². The van der Waals surface area contributed by atoms with E-state index >= 15 is 0 Å². The van der Waals surface area contributed by atoms with Crippen LogP contribution in [-0.2, 0) is 27.2 Å². The van der Waals surface area contributed by atoms with Gasteiger partial charge in [-0.05, 0) is 55.5 Å². The average molecular weight is 523 g/mol. The summed E-state index contributed by atoms with van der Waals surface area (Å²) in [6, 6.07) is 8.52. The first-order valence-corrected chi connectivity index (χ1v) is 11.5. The number of halogens is 3. The summed E-state index contributed by atoms with van der Waals surface area (Å²) in [6.45, 7) is 0.969. The standard InChI is InChI=1S/C24H29F3N6O4/c1-36-13-5-9-21(34)20(31-28)16-29-12-3-2-7-18-10-11-22(33-32-18)30-23(35)15-17-6-4-8-19(14-17)37-24(25,26)27/h4,6,8,10-11,14,16H,2-3,5,7,9,12-13,15,28H2,1H3,(H,30,33,35). The first-order valence-electron chi connectivity index (χ1n) is 11.5. The van der Waals surface area contributed by atoms with Crippen LogP contribution in [-0.4, -0.2) is 60.4 Å². The number of carbonyl (C=O) groups is 2. The molecule has 3 N–H and O–H groups in total. The topological polar surface area (TPSA) is 141 Å². The van der Waals surface area contributed by atoms with E-state index in [9.17, 15) is 22.8 Å². The number of aryl methyl sites for hydroxylation is 1. The molecule has 1 heterocycles. The van der Waals surface area contributed by atoms with Crippen molar-refractivity contribution in [3.05, 3.63) is 47.7 Å². The molecule has 1 amide bonds. The maximum atomic E-state index is 12.4. The Balaban J connectivity index is 1.72. The van der Waals surface area contributed by atoms with E-state index in [1.807, 2.05) is 0 Å². The van der Waals surface area contributed by atoms with Crippen LogP contribution in [0.1, 0.15) is 36.9 Å². The fraction of sp³-hybridized carbons (Fsp3) is 0.417. The van der Waals surface area contributed by atoms with Gasteiger partial charge in [0.2, 0.25) is 5.91 Å². The molecule has 0 aliphatic carbocycles. The molecular formula is C24H29F3N6O4. The minimum absolute atomic E-state index is 0.127. The van der Waals surface area contributed by atoms with Gasteiger partial charge in [-0.25, -0.2) is 0 Å². The first kappa shape index (κ1) is 29.4. The molecule has 0 saturated heterocycles. The number of amides is 1. The van der Waals surface area contributed by atoms with Crippen molar-refractivity contribution in [1.29, 1.82) is 0 Å². The molecule has 0 radical (unpaired) electrons. The van der Waals surface area contributed by atoms with E-state index in [4.69, 9.17) is 10.6 Å². The molecule has 0 atom stereocenters. The lowest BCUT2D eigenvalue weighted by molar-refractivity contribution is -0.274. The molecule has 0 aliphatic rings. The number of hydrazone groups is 1. The highest BCUT2D eigenvalue weighted by atomic mass is 19.4. The predicted octanol–water partition coefficient (Wildman–Crippen LogP) is 3.26. The number of hydrogen-bond donors (Lipinski definition) is 2. The second-order valence-corrected chi connectivity index (χ2v) is 7.86. The highest BCUT2D eigenvalue weighted by molar-refractivity contribution is 6.61. The number of carbonyl (C=O) groups excluding carboxylic acids is 2. The summed E-state index contributed by atoms with van der Waals surface area (Å²) in [7, 11) is 1.56. The Labute approximate surface area is 212 Å². The van der Waals surface area contributed by atoms with Gasteiger partial charge in [0.25, 0.3) is 0 Å². The number of methoxy groups -OCH3 is 1. The minimum Gasteiger partial charge on any atom is -0.406 e. The first-order chi connectivity index (χ1) is 17.7. The number of hydrogen-bond acceptors (Lipinski definition) is 9. The van der Waals surface area contributed by atoms with Crippen molar-refractivity contribution in [3.8, 4) is 5.75 Å². The number of ketones is 1. The summed E-state index contributed by atoms with van der Waals surface area (Å²) < 4.78 is 45.8. The zero-order valence-electron chi connectivity index (χ0n) is 20.3. The number of benzene rings is 1. The Morgan fingerprint density at radius 1 is 1.14 bits per heavy atom. The molecule has 13 heteroatoms. The van der Waals surface area contributed by atoms with Gasteiger partial charge in [-0.2, -0.15) is 10.2 Å². The molecule has 0 spiro atoms. The third kappa shape index (κ3) is 12.1. The van der Waals surface area contributed by atoms with Crippen LogP contribution in [0.15, 0.2) is 46.5 Å². The average Bonchev–Trinajstić information content (AvgIpc) is 2.84. The monoisotopic (exact) mass is 522 g/mol. The second kappa shape index (κ2) is 15.3. The lowest BCUT2D eigenvalue weighted by Crippen LogP contribution is -2.18. The fourth-order valence-electron chi connectivity index (χ4n) is 3.13. The van der Waals surface area contributed by atoms with Gasteiger partial charge >= 0.3 is 6.36 Å². The maximum Gasteiger partial charge on any atom is 0.573 e. The van der Waals surface area contributed by atoms with E-state index in [0.29, 0.717) is 31.6 Å². The normalized spacial score (nSPS) is 12.1. The molecular weight excluding hydrogens is 493 g/mol. The quantitative estimate of drug-likeness (QED) is 0.158. The summed E-state index contributed by atoms with van der Waals surface area (Å²) in [5.41, 5.74) is 1.20. The smallest absolute Gasteiger partial charge is 0.406 e. The molecule has 0 bridgehead atoms. The van der Waals surface area contributed by atoms with E-state index in [1.165, 1.54) is 18.3 Å². The Morgan fingerprint density at radius 3 is 2.62 bits per heavy atom. The Bertz CT molecular complexity index is 1070. The van der Waals surface area contributed by atoms with Gasteiger partial charge in [0.05, 0.1) is 18.3 Å². The molecule has 1 aromatic heterocycles. The molecule has 2 rings (SSSR count). The molecule has 200 valence electrons. The molecule has 0 saturated carbocycles. The number of aliphatic imine (C=N–C) groups is 1. The van der Waals surface area contributed by atoms with Crippen LogP contribution in [0.2, 0.25) is 0 Å². The van der Waals surface area contributed by atoms with Crippen LogP contribution < -0.4 is 15.9 Å². The highest BCUT2D eigenvalue weighted by Gasteiger charge is 2.31. The zero-order chi connectivity index (χ0) is 27.1. The van der Waals surface area contributed by atoms with E-state index in [-0.39, 0.29) is 30.2 Å². The van der Waals surface area contributed by atoms with Crippen molar-refractivity contribution in [2.45, 2.75) is 44.9 Å². The van der Waals surface area contributed by atoms with Gasteiger partial charge in [0, 0.05) is 26.7 Å². The Hall–Kier alpha value is -3.87. The molecule has 1 aromatic carbocycles. The van der Waals surface area contributed by atoms with Crippen LogP contribution in [0, 0.1) is 0 Å². The third-order valence-corrected chi connectivity index (χ3v) is 4.84. The largest absolute Gasteiger partial charge is 0.573 e. The summed E-state index contributed by atoms with van der Waals surface area (Å²) in [5, 5.41) is 14.1. The number of nitrogens with one attached hydrogen (secondary N) is 1. The van der Waals surface area contributed by atoms with Gasteiger partial charge in [0.1, 0.15) is 11.5 Å². The summed E-state index contributed by atoms with van der Waals surface area (Å²) in [5.74, 6) is 4.45. The van der Waals surface area contributed by atoms with Gasteiger partial charge in [-0.3, -0.25) is 14.6 Å². The number of ether oxygens (including phenoxy) is 2. The minimum atomic E-state index is -4.81. The number of Topliss-reactive ketones (excluding diaryl/α,β-unsaturated/α-hetero) is 1. The van der Waals surface area contributed by atoms with Crippen molar-refractivity contribution in [3.63, 3.8) is 0 Å². The van der Waals surface area contributed by atoms with Crippen LogP contribution in [0.25, 0.3) is 0 Å².